The molecule has 4 saturated heterocycles. The number of carbonyl (C=O) groups is 3. The number of nitrogens with two attached hydrogens (primary N) is 1. The molecule has 0 spiro atoms. The maximum atomic E-state index is 12.6. The first-order valence-corrected chi connectivity index (χ1v) is 19.2. The predicted octanol–water partition coefficient (Wildman–Crippen LogP) is 7.71. The standard InChI is InChI=1S/C16H27NO2.C15H25NO3.C7H10N2O2S/c1-12-10-15(5)8-7-9-16(6,11-12)17(15)13(18)19-14(2,3)4;1-13(2,3)19-12(18)16-14(4)7-6-8-15(16,5)10-11(17)9-14;1-6-2-4-7(5-3-6)12(10,11)9-8/h1,7-11H2,2-6H3;6-10H2,1-5H3;2-5,9H,8H2,1H3. The average Bonchev–Trinajstić information content (AvgIpc) is 2.89. The molecule has 1 aromatic rings. The van der Waals surface area contributed by atoms with Crippen molar-refractivity contribution in [3.05, 3.63) is 42.0 Å². The lowest BCUT2D eigenvalue weighted by Crippen LogP contribution is -2.68. The van der Waals surface area contributed by atoms with Crippen molar-refractivity contribution in [2.45, 2.75) is 179 Å². The zero-order chi connectivity index (χ0) is 38.1. The van der Waals surface area contributed by atoms with E-state index in [2.05, 4.69) is 20.4 Å². The number of hydrogen-bond donors (Lipinski definition) is 2. The van der Waals surface area contributed by atoms with Crippen LogP contribution in [0.2, 0.25) is 0 Å². The first-order valence-electron chi connectivity index (χ1n) is 17.7. The van der Waals surface area contributed by atoms with Crippen LogP contribution in [0.4, 0.5) is 9.59 Å². The van der Waals surface area contributed by atoms with E-state index in [0.29, 0.717) is 12.8 Å². The molecule has 4 aliphatic rings. The van der Waals surface area contributed by atoms with Gasteiger partial charge in [-0.05, 0) is 140 Å². The number of ketones is 1. The van der Waals surface area contributed by atoms with Gasteiger partial charge in [-0.25, -0.2) is 18.0 Å². The van der Waals surface area contributed by atoms with E-state index >= 15 is 0 Å². The molecular formula is C38H62N4O7S. The van der Waals surface area contributed by atoms with Crippen LogP contribution in [0.25, 0.3) is 0 Å². The number of amides is 2. The number of carbonyl (C=O) groups excluding carboxylic acids is 3. The van der Waals surface area contributed by atoms with Gasteiger partial charge in [0.05, 0.1) is 16.0 Å². The minimum atomic E-state index is -3.49. The third-order valence-electron chi connectivity index (χ3n) is 10.1. The van der Waals surface area contributed by atoms with Crippen LogP contribution >= 0.6 is 0 Å². The molecule has 4 unspecified atom stereocenters. The Kier molecular flexibility index (Phi) is 12.1. The molecule has 50 heavy (non-hydrogen) atoms. The summed E-state index contributed by atoms with van der Waals surface area (Å²) in [4.78, 5) is 42.9. The van der Waals surface area contributed by atoms with E-state index in [9.17, 15) is 22.8 Å². The molecule has 0 radical (unpaired) electrons. The van der Waals surface area contributed by atoms with Crippen molar-refractivity contribution in [2.24, 2.45) is 5.84 Å². The summed E-state index contributed by atoms with van der Waals surface area (Å²) in [7, 11) is -3.49. The van der Waals surface area contributed by atoms with E-state index in [4.69, 9.17) is 15.3 Å². The zero-order valence-electron chi connectivity index (χ0n) is 32.3. The van der Waals surface area contributed by atoms with Crippen LogP contribution in [-0.4, -0.2) is 69.5 Å². The van der Waals surface area contributed by atoms with Gasteiger partial charge in [-0.3, -0.25) is 20.4 Å². The third-order valence-corrected chi connectivity index (χ3v) is 11.3. The minimum absolute atomic E-state index is 0.120. The number of Topliss-reactive ketones (excluding diaryl/α,β-unsaturated/α-hetero) is 1. The Labute approximate surface area is 300 Å². The van der Waals surface area contributed by atoms with E-state index in [1.807, 2.05) is 72.1 Å². The number of piperidine rings is 4. The van der Waals surface area contributed by atoms with Gasteiger partial charge >= 0.3 is 12.2 Å². The van der Waals surface area contributed by atoms with Gasteiger partial charge in [-0.2, -0.15) is 4.83 Å². The fourth-order valence-electron chi connectivity index (χ4n) is 8.45. The van der Waals surface area contributed by atoms with Gasteiger partial charge in [0.15, 0.2) is 0 Å². The molecule has 282 valence electrons. The topological polar surface area (TPSA) is 148 Å². The van der Waals surface area contributed by atoms with Gasteiger partial charge in [0, 0.05) is 23.9 Å². The molecule has 4 bridgehead atoms. The SMILES string of the molecule is C=C1CC2(C)CCCC(C)(C1)N2C(=O)OC(C)(C)C.CC(C)(C)OC(=O)N1C2(C)CCCC1(C)CC(=O)C2.Cc1ccc(S(=O)(=O)NN)cc1. The van der Waals surface area contributed by atoms with Gasteiger partial charge in [0.1, 0.15) is 17.0 Å². The normalized spacial score (nSPS) is 29.5. The van der Waals surface area contributed by atoms with Crippen molar-refractivity contribution in [1.29, 1.82) is 0 Å². The number of sulfonamides is 1. The van der Waals surface area contributed by atoms with Crippen molar-refractivity contribution < 1.29 is 32.3 Å². The Morgan fingerprint density at radius 2 is 1.08 bits per heavy atom. The van der Waals surface area contributed by atoms with Crippen molar-refractivity contribution in [3.8, 4) is 0 Å². The van der Waals surface area contributed by atoms with Crippen molar-refractivity contribution >= 4 is 28.0 Å². The molecule has 0 aliphatic carbocycles. The molecule has 0 aromatic heterocycles. The summed E-state index contributed by atoms with van der Waals surface area (Å²) in [6.45, 7) is 25.9. The van der Waals surface area contributed by atoms with Gasteiger partial charge in [-0.1, -0.05) is 29.8 Å². The number of hydrogen-bond acceptors (Lipinski definition) is 8. The Hall–Kier alpha value is -2.96. The summed E-state index contributed by atoms with van der Waals surface area (Å²) in [6, 6.07) is 6.43. The number of hydrazine groups is 1. The van der Waals surface area contributed by atoms with E-state index in [1.165, 1.54) is 24.1 Å². The second-order valence-electron chi connectivity index (χ2n) is 17.8. The van der Waals surface area contributed by atoms with E-state index < -0.39 is 21.2 Å². The Morgan fingerprint density at radius 1 is 0.740 bits per heavy atom. The summed E-state index contributed by atoms with van der Waals surface area (Å²) < 4.78 is 33.3. The van der Waals surface area contributed by atoms with Crippen LogP contribution in [0.1, 0.15) is 139 Å². The highest BCUT2D eigenvalue weighted by Crippen LogP contribution is 2.50. The molecular weight excluding hydrogens is 657 g/mol. The highest BCUT2D eigenvalue weighted by molar-refractivity contribution is 7.89. The zero-order valence-corrected chi connectivity index (χ0v) is 33.1. The molecule has 3 N–H and O–H groups in total. The molecule has 4 atom stereocenters. The highest BCUT2D eigenvalue weighted by Gasteiger charge is 2.56. The van der Waals surface area contributed by atoms with Crippen LogP contribution in [0, 0.1) is 6.92 Å². The molecule has 4 fully saturated rings. The lowest BCUT2D eigenvalue weighted by molar-refractivity contribution is -0.139. The summed E-state index contributed by atoms with van der Waals surface area (Å²) in [6.07, 6.45) is 8.39. The summed E-state index contributed by atoms with van der Waals surface area (Å²) in [5.41, 5.74) is 0.354. The third kappa shape index (κ3) is 9.88. The fraction of sp³-hybridized carbons (Fsp3) is 0.711. The van der Waals surface area contributed by atoms with Crippen LogP contribution in [0.15, 0.2) is 41.3 Å². The number of nitrogens with zero attached hydrogens (tertiary/aromatic N) is 2. The molecule has 4 heterocycles. The predicted molar refractivity (Wildman–Crippen MR) is 196 cm³/mol. The fourth-order valence-corrected chi connectivity index (χ4v) is 9.08. The van der Waals surface area contributed by atoms with E-state index in [0.717, 1.165) is 50.5 Å². The number of rotatable bonds is 2. The van der Waals surface area contributed by atoms with Gasteiger partial charge < -0.3 is 9.47 Å². The van der Waals surface area contributed by atoms with E-state index in [-0.39, 0.29) is 45.0 Å². The lowest BCUT2D eigenvalue weighted by atomic mass is 9.67. The average molecular weight is 719 g/mol. The van der Waals surface area contributed by atoms with E-state index in [1.54, 1.807) is 17.0 Å². The maximum absolute atomic E-state index is 12.6. The monoisotopic (exact) mass is 718 g/mol. The van der Waals surface area contributed by atoms with Crippen LogP contribution in [-0.2, 0) is 24.3 Å². The number of ether oxygens (including phenoxy) is 2. The molecule has 0 saturated carbocycles. The smallest absolute Gasteiger partial charge is 0.411 e. The van der Waals surface area contributed by atoms with Crippen LogP contribution in [0.3, 0.4) is 0 Å². The second-order valence-corrected chi connectivity index (χ2v) is 19.5. The Balaban J connectivity index is 0.000000209. The summed E-state index contributed by atoms with van der Waals surface area (Å²) >= 11 is 0. The summed E-state index contributed by atoms with van der Waals surface area (Å²) in [5, 5.41) is 0. The molecule has 2 amide bonds. The largest absolute Gasteiger partial charge is 0.444 e. The maximum Gasteiger partial charge on any atom is 0.411 e. The van der Waals surface area contributed by atoms with Crippen LogP contribution in [0.5, 0.6) is 0 Å². The number of benzene rings is 1. The quantitative estimate of drug-likeness (QED) is 0.180. The molecule has 4 aliphatic heterocycles. The Bertz CT molecular complexity index is 1430. The molecule has 12 heteroatoms. The number of fused-ring (bicyclic) bond motifs is 4. The van der Waals surface area contributed by atoms with Gasteiger partial charge in [0.2, 0.25) is 0 Å². The van der Waals surface area contributed by atoms with Gasteiger partial charge in [0.25, 0.3) is 10.0 Å². The number of aryl methyl sites for hydroxylation is 1. The minimum Gasteiger partial charge on any atom is -0.444 e. The van der Waals surface area contributed by atoms with Crippen molar-refractivity contribution in [1.82, 2.24) is 14.6 Å². The lowest BCUT2D eigenvalue weighted by Gasteiger charge is -2.59. The number of nitrogens with one attached hydrogen (secondary N) is 1. The van der Waals surface area contributed by atoms with Crippen LogP contribution < -0.4 is 10.7 Å². The first kappa shape index (κ1) is 41.5. The van der Waals surface area contributed by atoms with Crippen molar-refractivity contribution in [2.75, 3.05) is 0 Å². The molecule has 1 aromatic carbocycles. The van der Waals surface area contributed by atoms with Gasteiger partial charge in [-0.15, -0.1) is 0 Å². The highest BCUT2D eigenvalue weighted by atomic mass is 32.2. The first-order chi connectivity index (χ1) is 22.7. The second kappa shape index (κ2) is 14.6. The molecule has 11 nitrogen and oxygen atoms in total. The Morgan fingerprint density at radius 3 is 1.40 bits per heavy atom. The van der Waals surface area contributed by atoms with Crippen molar-refractivity contribution in [3.63, 3.8) is 0 Å². The summed E-state index contributed by atoms with van der Waals surface area (Å²) in [5.74, 6) is 5.11. The molecule has 5 rings (SSSR count).